The van der Waals surface area contributed by atoms with Gasteiger partial charge in [-0.2, -0.15) is 25.3 Å². The molecule has 0 saturated heterocycles. The number of carboxylic acids is 2. The molecule has 0 aromatic carbocycles. The molecule has 2 atom stereocenters. The van der Waals surface area contributed by atoms with E-state index in [1.165, 1.54) is 154 Å². The van der Waals surface area contributed by atoms with Gasteiger partial charge in [0.25, 0.3) is 0 Å². The third kappa shape index (κ3) is 42.2. The molecular weight excluding hydrogens is 624 g/mol. The normalized spacial score (nSPS) is 12.2. The zero-order valence-corrected chi connectivity index (χ0v) is 30.9. The Morgan fingerprint density at radius 1 is 0.395 bits per heavy atom. The average molecular weight is 695 g/mol. The van der Waals surface area contributed by atoms with Gasteiger partial charge in [0.2, 0.25) is 0 Å². The molecule has 0 aliphatic carbocycles. The summed E-state index contributed by atoms with van der Waals surface area (Å²) in [5, 5.41) is 19.8. The van der Waals surface area contributed by atoms with Crippen LogP contribution in [0, 0.1) is 0 Å². The molecule has 0 aromatic heterocycles. The first-order valence-electron chi connectivity index (χ1n) is 18.1. The summed E-state index contributed by atoms with van der Waals surface area (Å²) in [5.41, 5.74) is 0. The monoisotopic (exact) mass is 693 g/mol. The van der Waals surface area contributed by atoms with Crippen LogP contribution in [0.5, 0.6) is 0 Å². The summed E-state index contributed by atoms with van der Waals surface area (Å²) >= 11 is 7.96. The van der Waals surface area contributed by atoms with Crippen molar-refractivity contribution in [1.29, 1.82) is 0 Å². The minimum absolute atomic E-state index is 0. The van der Waals surface area contributed by atoms with Gasteiger partial charge >= 0.3 is 17.1 Å². The standard InChI is InChI=1S/2C18H36O2S.Cu/c2*1-2-3-4-5-6-7-8-9-10-11-12-13-14-15-16-17(21)18(19)20;/h2*17,21H,2-16H2,1H3,(H,19,20);/q;;+2/p-2. The second kappa shape index (κ2) is 40.2. The molecule has 0 fully saturated rings. The maximum absolute atomic E-state index is 10.5. The van der Waals surface area contributed by atoms with E-state index in [0.29, 0.717) is 12.8 Å². The largest absolute Gasteiger partial charge is 2.00 e. The zero-order valence-electron chi connectivity index (χ0n) is 28.2. The molecule has 0 spiro atoms. The molecule has 7 heteroatoms. The molecule has 0 amide bonds. The molecule has 0 N–H and O–H groups in total. The van der Waals surface area contributed by atoms with Gasteiger partial charge in [0.15, 0.2) is 0 Å². The van der Waals surface area contributed by atoms with E-state index in [2.05, 4.69) is 39.1 Å². The number of hydrogen-bond acceptors (Lipinski definition) is 6. The predicted octanol–water partition coefficient (Wildman–Crippen LogP) is 9.81. The molecule has 1 radical (unpaired) electrons. The quantitative estimate of drug-likeness (QED) is 0.0418. The number of rotatable bonds is 32. The van der Waals surface area contributed by atoms with E-state index < -0.39 is 22.4 Å². The van der Waals surface area contributed by atoms with Crippen molar-refractivity contribution >= 4 is 37.2 Å². The van der Waals surface area contributed by atoms with Crippen LogP contribution in [-0.2, 0) is 26.7 Å². The maximum Gasteiger partial charge on any atom is 2.00 e. The van der Waals surface area contributed by atoms with Crippen LogP contribution in [0.15, 0.2) is 0 Å². The van der Waals surface area contributed by atoms with Crippen molar-refractivity contribution in [3.8, 4) is 0 Å². The van der Waals surface area contributed by atoms with Gasteiger partial charge in [0.05, 0.1) is 11.9 Å². The Labute approximate surface area is 289 Å². The fourth-order valence-corrected chi connectivity index (χ4v) is 5.67. The van der Waals surface area contributed by atoms with Crippen molar-refractivity contribution in [2.45, 2.75) is 217 Å². The Balaban J connectivity index is -0.000000727. The first kappa shape index (κ1) is 47.6. The zero-order chi connectivity index (χ0) is 31.5. The molecule has 261 valence electrons. The van der Waals surface area contributed by atoms with Gasteiger partial charge in [-0.05, 0) is 12.8 Å². The van der Waals surface area contributed by atoms with Crippen LogP contribution in [0.25, 0.3) is 0 Å². The molecule has 0 aromatic rings. The maximum atomic E-state index is 10.5. The molecule has 0 heterocycles. The smallest absolute Gasteiger partial charge is 0.549 e. The first-order valence-corrected chi connectivity index (χ1v) is 19.2. The molecular formula is C36H70CuO4S2. The molecule has 0 bridgehead atoms. The minimum Gasteiger partial charge on any atom is -0.549 e. The van der Waals surface area contributed by atoms with Crippen LogP contribution in [0.3, 0.4) is 0 Å². The van der Waals surface area contributed by atoms with Gasteiger partial charge in [-0.3, -0.25) is 0 Å². The molecule has 0 saturated carbocycles. The fourth-order valence-electron chi connectivity index (χ4n) is 5.30. The summed E-state index contributed by atoms with van der Waals surface area (Å²) in [6.45, 7) is 4.53. The SMILES string of the molecule is CCCCCCCCCCCCCCCCC(S)C(=O)[O-].CCCCCCCCCCCCCCCCC(S)C(=O)[O-].[Cu+2]. The van der Waals surface area contributed by atoms with Crippen molar-refractivity contribution < 1.29 is 36.9 Å². The number of hydrogen-bond donors (Lipinski definition) is 2. The Bertz CT molecular complexity index is 517. The van der Waals surface area contributed by atoms with E-state index >= 15 is 0 Å². The molecule has 0 aliphatic heterocycles. The van der Waals surface area contributed by atoms with Gasteiger partial charge in [-0.15, -0.1) is 0 Å². The van der Waals surface area contributed by atoms with Crippen molar-refractivity contribution in [2.75, 3.05) is 0 Å². The number of thiol groups is 2. The molecule has 0 rings (SSSR count). The average Bonchev–Trinajstić information content (AvgIpc) is 2.97. The third-order valence-corrected chi connectivity index (χ3v) is 9.14. The van der Waals surface area contributed by atoms with Gasteiger partial charge in [-0.1, -0.05) is 194 Å². The molecule has 0 aliphatic rings. The Morgan fingerprint density at radius 2 is 0.558 bits per heavy atom. The summed E-state index contributed by atoms with van der Waals surface area (Å²) in [7, 11) is 0. The summed E-state index contributed by atoms with van der Waals surface area (Å²) in [6.07, 6.45) is 38.3. The van der Waals surface area contributed by atoms with Crippen molar-refractivity contribution in [3.63, 3.8) is 0 Å². The van der Waals surface area contributed by atoms with Gasteiger partial charge in [0.1, 0.15) is 0 Å². The fraction of sp³-hybridized carbons (Fsp3) is 0.944. The van der Waals surface area contributed by atoms with E-state index in [4.69, 9.17) is 0 Å². The minimum atomic E-state index is -1.03. The summed E-state index contributed by atoms with van der Waals surface area (Å²) in [4.78, 5) is 21.0. The number of aliphatic carboxylic acids is 2. The number of unbranched alkanes of at least 4 members (excludes halogenated alkanes) is 26. The first-order chi connectivity index (χ1) is 20.4. The summed E-state index contributed by atoms with van der Waals surface area (Å²) in [6, 6.07) is 0. The van der Waals surface area contributed by atoms with Crippen LogP contribution >= 0.6 is 25.3 Å². The van der Waals surface area contributed by atoms with Gasteiger partial charge in [-0.25, -0.2) is 0 Å². The topological polar surface area (TPSA) is 80.3 Å². The van der Waals surface area contributed by atoms with Crippen LogP contribution < -0.4 is 10.2 Å². The van der Waals surface area contributed by atoms with Crippen LogP contribution in [0.1, 0.15) is 206 Å². The van der Waals surface area contributed by atoms with Gasteiger partial charge in [0, 0.05) is 10.5 Å². The van der Waals surface area contributed by atoms with E-state index in [0.717, 1.165) is 25.7 Å². The van der Waals surface area contributed by atoms with E-state index in [1.54, 1.807) is 0 Å². The molecule has 43 heavy (non-hydrogen) atoms. The Kier molecular flexibility index (Phi) is 44.4. The summed E-state index contributed by atoms with van der Waals surface area (Å²) in [5.74, 6) is -2.07. The van der Waals surface area contributed by atoms with Crippen molar-refractivity contribution in [3.05, 3.63) is 0 Å². The van der Waals surface area contributed by atoms with E-state index in [-0.39, 0.29) is 17.1 Å². The second-order valence-electron chi connectivity index (χ2n) is 12.4. The summed E-state index contributed by atoms with van der Waals surface area (Å²) < 4.78 is 0. The van der Waals surface area contributed by atoms with Crippen LogP contribution in [-0.4, -0.2) is 22.4 Å². The third-order valence-electron chi connectivity index (χ3n) is 8.21. The molecule has 4 nitrogen and oxygen atoms in total. The number of carbonyl (C=O) groups is 2. The Morgan fingerprint density at radius 3 is 0.721 bits per heavy atom. The number of carboxylic acid groups (broad SMARTS) is 2. The van der Waals surface area contributed by atoms with Gasteiger partial charge < -0.3 is 19.8 Å². The van der Waals surface area contributed by atoms with E-state index in [9.17, 15) is 19.8 Å². The molecule has 2 unspecified atom stereocenters. The van der Waals surface area contributed by atoms with Crippen molar-refractivity contribution in [1.82, 2.24) is 0 Å². The van der Waals surface area contributed by atoms with E-state index in [1.807, 2.05) is 0 Å². The predicted molar refractivity (Wildman–Crippen MR) is 185 cm³/mol. The van der Waals surface area contributed by atoms with Crippen molar-refractivity contribution in [2.24, 2.45) is 0 Å². The Hall–Kier alpha value is 0.159. The van der Waals surface area contributed by atoms with Crippen LogP contribution in [0.2, 0.25) is 0 Å². The second-order valence-corrected chi connectivity index (χ2v) is 13.7. The van der Waals surface area contributed by atoms with Crippen LogP contribution in [0.4, 0.5) is 0 Å². The number of carbonyl (C=O) groups excluding carboxylic acids is 2.